The van der Waals surface area contributed by atoms with Gasteiger partial charge in [-0.1, -0.05) is 60.2 Å². The number of aryl methyl sites for hydroxylation is 1. The number of para-hydroxylation sites is 1. The Labute approximate surface area is 163 Å². The topological polar surface area (TPSA) is 46.2 Å². The highest BCUT2D eigenvalue weighted by molar-refractivity contribution is 7.99. The molecule has 3 rings (SSSR count). The summed E-state index contributed by atoms with van der Waals surface area (Å²) in [6.07, 6.45) is 0.381. The fourth-order valence-electron chi connectivity index (χ4n) is 2.64. The number of rotatable bonds is 7. The van der Waals surface area contributed by atoms with Crippen molar-refractivity contribution in [3.05, 3.63) is 95.6 Å². The molecule has 1 N–H and O–H groups in total. The number of amides is 1. The molecule has 0 unspecified atom stereocenters. The lowest BCUT2D eigenvalue weighted by Gasteiger charge is -2.10. The van der Waals surface area contributed by atoms with Gasteiger partial charge in [0.05, 0.1) is 5.69 Å². The summed E-state index contributed by atoms with van der Waals surface area (Å²) in [4.78, 5) is 26.2. The van der Waals surface area contributed by atoms with Gasteiger partial charge in [-0.15, -0.1) is 11.8 Å². The second-order valence-corrected chi connectivity index (χ2v) is 7.37. The molecule has 0 heterocycles. The molecule has 0 saturated carbocycles. The van der Waals surface area contributed by atoms with Crippen molar-refractivity contribution < 1.29 is 9.59 Å². The van der Waals surface area contributed by atoms with Gasteiger partial charge in [-0.05, 0) is 31.2 Å². The van der Waals surface area contributed by atoms with E-state index < -0.39 is 0 Å². The van der Waals surface area contributed by atoms with E-state index >= 15 is 0 Å². The number of hydrogen-bond donors (Lipinski definition) is 1. The van der Waals surface area contributed by atoms with Gasteiger partial charge in [-0.2, -0.15) is 0 Å². The van der Waals surface area contributed by atoms with Crippen molar-refractivity contribution in [2.75, 3.05) is 11.1 Å². The molecular formula is C23H21NO2S. The SMILES string of the molecule is Cc1ccc(SCCC(=O)Nc2ccccc2C(=O)c2ccccc2)cc1. The molecule has 0 bridgehead atoms. The molecule has 0 aromatic heterocycles. The lowest BCUT2D eigenvalue weighted by molar-refractivity contribution is -0.115. The molecule has 27 heavy (non-hydrogen) atoms. The van der Waals surface area contributed by atoms with E-state index in [4.69, 9.17) is 0 Å². The molecule has 4 heteroatoms. The van der Waals surface area contributed by atoms with Crippen molar-refractivity contribution in [3.63, 3.8) is 0 Å². The van der Waals surface area contributed by atoms with Gasteiger partial charge in [-0.3, -0.25) is 9.59 Å². The maximum atomic E-state index is 12.7. The van der Waals surface area contributed by atoms with E-state index in [0.717, 1.165) is 4.90 Å². The van der Waals surface area contributed by atoms with Crippen molar-refractivity contribution in [1.82, 2.24) is 0 Å². The van der Waals surface area contributed by atoms with Gasteiger partial charge in [0.1, 0.15) is 0 Å². The monoisotopic (exact) mass is 375 g/mol. The van der Waals surface area contributed by atoms with Crippen LogP contribution >= 0.6 is 11.8 Å². The first-order chi connectivity index (χ1) is 13.1. The van der Waals surface area contributed by atoms with Crippen LogP contribution in [-0.2, 0) is 4.79 Å². The van der Waals surface area contributed by atoms with Crippen LogP contribution in [0.1, 0.15) is 27.9 Å². The molecule has 0 aliphatic heterocycles. The van der Waals surface area contributed by atoms with Crippen LogP contribution in [0.5, 0.6) is 0 Å². The Kier molecular flexibility index (Phi) is 6.44. The summed E-state index contributed by atoms with van der Waals surface area (Å²) in [6.45, 7) is 2.05. The van der Waals surface area contributed by atoms with Crippen molar-refractivity contribution in [2.24, 2.45) is 0 Å². The molecule has 0 spiro atoms. The van der Waals surface area contributed by atoms with Crippen molar-refractivity contribution in [3.8, 4) is 0 Å². The predicted octanol–water partition coefficient (Wildman–Crippen LogP) is 5.35. The van der Waals surface area contributed by atoms with Crippen LogP contribution < -0.4 is 5.32 Å². The average molecular weight is 375 g/mol. The molecule has 0 fully saturated rings. The summed E-state index contributed by atoms with van der Waals surface area (Å²) in [5, 5.41) is 2.88. The largest absolute Gasteiger partial charge is 0.325 e. The highest BCUT2D eigenvalue weighted by Gasteiger charge is 2.14. The maximum Gasteiger partial charge on any atom is 0.225 e. The van der Waals surface area contributed by atoms with Crippen LogP contribution in [0.25, 0.3) is 0 Å². The Morgan fingerprint density at radius 1 is 0.852 bits per heavy atom. The standard InChI is InChI=1S/C23H21NO2S/c1-17-11-13-19(14-12-17)27-16-15-22(25)24-21-10-6-5-9-20(21)23(26)18-7-3-2-4-8-18/h2-14H,15-16H2,1H3,(H,24,25). The smallest absolute Gasteiger partial charge is 0.225 e. The Bertz CT molecular complexity index is 921. The highest BCUT2D eigenvalue weighted by atomic mass is 32.2. The summed E-state index contributed by atoms with van der Waals surface area (Å²) in [5.41, 5.74) is 2.88. The minimum atomic E-state index is -0.0967. The zero-order valence-electron chi connectivity index (χ0n) is 15.1. The van der Waals surface area contributed by atoms with Gasteiger partial charge in [0.15, 0.2) is 5.78 Å². The van der Waals surface area contributed by atoms with E-state index in [1.54, 1.807) is 42.1 Å². The zero-order chi connectivity index (χ0) is 19.1. The van der Waals surface area contributed by atoms with Crippen LogP contribution in [0.15, 0.2) is 83.8 Å². The van der Waals surface area contributed by atoms with Gasteiger partial charge in [0.25, 0.3) is 0 Å². The second-order valence-electron chi connectivity index (χ2n) is 6.20. The van der Waals surface area contributed by atoms with Gasteiger partial charge < -0.3 is 5.32 Å². The minimum Gasteiger partial charge on any atom is -0.325 e. The second kappa shape index (κ2) is 9.19. The lowest BCUT2D eigenvalue weighted by atomic mass is 10.0. The highest BCUT2D eigenvalue weighted by Crippen LogP contribution is 2.21. The van der Waals surface area contributed by atoms with Crippen LogP contribution in [0.2, 0.25) is 0 Å². The number of ketones is 1. The molecule has 0 atom stereocenters. The van der Waals surface area contributed by atoms with Crippen molar-refractivity contribution in [2.45, 2.75) is 18.2 Å². The van der Waals surface area contributed by atoms with Crippen LogP contribution in [-0.4, -0.2) is 17.4 Å². The molecule has 0 aliphatic carbocycles. The Balaban J connectivity index is 1.61. The number of benzene rings is 3. The molecule has 3 aromatic carbocycles. The molecule has 0 radical (unpaired) electrons. The van der Waals surface area contributed by atoms with E-state index in [0.29, 0.717) is 29.0 Å². The first kappa shape index (κ1) is 18.9. The average Bonchev–Trinajstić information content (AvgIpc) is 2.70. The number of carbonyl (C=O) groups excluding carboxylic acids is 2. The molecule has 1 amide bonds. The number of thioether (sulfide) groups is 1. The number of hydrogen-bond acceptors (Lipinski definition) is 3. The third-order valence-electron chi connectivity index (χ3n) is 4.10. The maximum absolute atomic E-state index is 12.7. The third kappa shape index (κ3) is 5.31. The Hall–Kier alpha value is -2.85. The van der Waals surface area contributed by atoms with E-state index in [1.165, 1.54) is 5.56 Å². The summed E-state index contributed by atoms with van der Waals surface area (Å²) >= 11 is 1.65. The molecule has 136 valence electrons. The first-order valence-corrected chi connectivity index (χ1v) is 9.80. The Morgan fingerprint density at radius 3 is 2.26 bits per heavy atom. The zero-order valence-corrected chi connectivity index (χ0v) is 16.0. The van der Waals surface area contributed by atoms with Crippen LogP contribution in [0.3, 0.4) is 0 Å². The summed E-state index contributed by atoms with van der Waals surface area (Å²) in [7, 11) is 0. The van der Waals surface area contributed by atoms with Gasteiger partial charge in [0, 0.05) is 28.2 Å². The summed E-state index contributed by atoms with van der Waals surface area (Å²) < 4.78 is 0. The molecule has 3 aromatic rings. The summed E-state index contributed by atoms with van der Waals surface area (Å²) in [5.74, 6) is 0.493. The molecule has 0 saturated heterocycles. The molecule has 3 nitrogen and oxygen atoms in total. The van der Waals surface area contributed by atoms with Crippen LogP contribution in [0, 0.1) is 6.92 Å². The predicted molar refractivity (Wildman–Crippen MR) is 111 cm³/mol. The molecule has 0 aliphatic rings. The fraction of sp³-hybridized carbons (Fsp3) is 0.130. The Morgan fingerprint density at radius 2 is 1.52 bits per heavy atom. The van der Waals surface area contributed by atoms with E-state index in [9.17, 15) is 9.59 Å². The van der Waals surface area contributed by atoms with Crippen molar-refractivity contribution in [1.29, 1.82) is 0 Å². The minimum absolute atomic E-state index is 0.0945. The quantitative estimate of drug-likeness (QED) is 0.447. The number of nitrogens with one attached hydrogen (secondary N) is 1. The number of carbonyl (C=O) groups is 2. The van der Waals surface area contributed by atoms with Gasteiger partial charge in [0.2, 0.25) is 5.91 Å². The summed E-state index contributed by atoms with van der Waals surface area (Å²) in [6, 6.07) is 24.5. The number of anilines is 1. The van der Waals surface area contributed by atoms with Crippen LogP contribution in [0.4, 0.5) is 5.69 Å². The van der Waals surface area contributed by atoms with Gasteiger partial charge in [-0.25, -0.2) is 0 Å². The van der Waals surface area contributed by atoms with E-state index in [2.05, 4.69) is 36.5 Å². The van der Waals surface area contributed by atoms with E-state index in [-0.39, 0.29) is 11.7 Å². The first-order valence-electron chi connectivity index (χ1n) is 8.81. The normalized spacial score (nSPS) is 10.4. The van der Waals surface area contributed by atoms with Gasteiger partial charge >= 0.3 is 0 Å². The fourth-order valence-corrected chi connectivity index (χ4v) is 3.50. The third-order valence-corrected chi connectivity index (χ3v) is 5.11. The molecular weight excluding hydrogens is 354 g/mol. The van der Waals surface area contributed by atoms with E-state index in [1.807, 2.05) is 24.3 Å². The lowest BCUT2D eigenvalue weighted by Crippen LogP contribution is -2.15. The van der Waals surface area contributed by atoms with Crippen molar-refractivity contribution >= 4 is 29.1 Å².